The average molecular weight is 220 g/mol. The third-order valence-electron chi connectivity index (χ3n) is 3.64. The molecule has 86 valence electrons. The van der Waals surface area contributed by atoms with Crippen LogP contribution in [0.2, 0.25) is 0 Å². The molecule has 0 aliphatic heterocycles. The Bertz CT molecular complexity index is 282. The van der Waals surface area contributed by atoms with Gasteiger partial charge in [0.25, 0.3) is 0 Å². The van der Waals surface area contributed by atoms with Crippen LogP contribution >= 0.6 is 0 Å². The summed E-state index contributed by atoms with van der Waals surface area (Å²) >= 11 is 0. The van der Waals surface area contributed by atoms with E-state index >= 15 is 0 Å². The highest BCUT2D eigenvalue weighted by molar-refractivity contribution is 5.20. The summed E-state index contributed by atoms with van der Waals surface area (Å²) in [6, 6.07) is 0. The smallest absolute Gasteiger partial charge is 0.380 e. The molecule has 2 aliphatic rings. The standard InChI is InChI=1S/C11H15F3O/c12-11(13,14)10(15)7-3-5-8-4-1-2-6-9(8)10/h4,9,15H,1-3,5-7H2/t9-,10+/m0/s1. The molecule has 1 saturated carbocycles. The second-order valence-corrected chi connectivity index (χ2v) is 4.54. The van der Waals surface area contributed by atoms with Gasteiger partial charge in [-0.2, -0.15) is 13.2 Å². The van der Waals surface area contributed by atoms with Crippen LogP contribution in [0, 0.1) is 5.92 Å². The molecule has 15 heavy (non-hydrogen) atoms. The van der Waals surface area contributed by atoms with Crippen LogP contribution in [0.25, 0.3) is 0 Å². The zero-order chi connectivity index (χ0) is 11.1. The van der Waals surface area contributed by atoms with Gasteiger partial charge in [0.1, 0.15) is 0 Å². The van der Waals surface area contributed by atoms with Gasteiger partial charge in [-0.15, -0.1) is 0 Å². The highest BCUT2D eigenvalue weighted by Gasteiger charge is 2.59. The summed E-state index contributed by atoms with van der Waals surface area (Å²) in [4.78, 5) is 0. The monoisotopic (exact) mass is 220 g/mol. The predicted molar refractivity (Wildman–Crippen MR) is 50.3 cm³/mol. The molecular weight excluding hydrogens is 205 g/mol. The second kappa shape index (κ2) is 3.51. The molecule has 1 nitrogen and oxygen atoms in total. The van der Waals surface area contributed by atoms with Crippen molar-refractivity contribution in [3.63, 3.8) is 0 Å². The SMILES string of the molecule is O[C@]1(C(F)(F)F)CCCC2=CCCC[C@@H]21. The Kier molecular flexibility index (Phi) is 2.57. The van der Waals surface area contributed by atoms with Crippen molar-refractivity contribution in [2.45, 2.75) is 50.3 Å². The lowest BCUT2D eigenvalue weighted by Gasteiger charge is -2.44. The summed E-state index contributed by atoms with van der Waals surface area (Å²) < 4.78 is 38.5. The summed E-state index contributed by atoms with van der Waals surface area (Å²) in [5.74, 6) is -0.681. The van der Waals surface area contributed by atoms with Gasteiger partial charge in [-0.3, -0.25) is 0 Å². The maximum atomic E-state index is 12.8. The minimum absolute atomic E-state index is 0.140. The van der Waals surface area contributed by atoms with Gasteiger partial charge in [-0.05, 0) is 38.5 Å². The zero-order valence-corrected chi connectivity index (χ0v) is 8.48. The van der Waals surface area contributed by atoms with Crippen molar-refractivity contribution in [2.24, 2.45) is 5.92 Å². The summed E-state index contributed by atoms with van der Waals surface area (Å²) in [5.41, 5.74) is -1.63. The van der Waals surface area contributed by atoms with E-state index in [4.69, 9.17) is 0 Å². The van der Waals surface area contributed by atoms with Crippen molar-refractivity contribution in [1.82, 2.24) is 0 Å². The number of aliphatic hydroxyl groups is 1. The van der Waals surface area contributed by atoms with Gasteiger partial charge in [0.2, 0.25) is 0 Å². The van der Waals surface area contributed by atoms with Gasteiger partial charge in [-0.25, -0.2) is 0 Å². The van der Waals surface area contributed by atoms with E-state index in [0.29, 0.717) is 12.8 Å². The van der Waals surface area contributed by atoms with Crippen LogP contribution in [0.4, 0.5) is 13.2 Å². The first-order valence-corrected chi connectivity index (χ1v) is 5.43. The average Bonchev–Trinajstić information content (AvgIpc) is 2.17. The van der Waals surface area contributed by atoms with E-state index in [9.17, 15) is 18.3 Å². The van der Waals surface area contributed by atoms with E-state index in [2.05, 4.69) is 0 Å². The van der Waals surface area contributed by atoms with E-state index < -0.39 is 17.7 Å². The minimum atomic E-state index is -4.49. The molecule has 0 aromatic heterocycles. The number of hydrogen-bond donors (Lipinski definition) is 1. The molecule has 2 atom stereocenters. The molecule has 4 heteroatoms. The van der Waals surface area contributed by atoms with Crippen LogP contribution in [0.15, 0.2) is 11.6 Å². The lowest BCUT2D eigenvalue weighted by Crippen LogP contribution is -2.54. The van der Waals surface area contributed by atoms with Gasteiger partial charge in [0.15, 0.2) is 5.60 Å². The Balaban J connectivity index is 2.32. The molecule has 1 N–H and O–H groups in total. The molecule has 0 amide bonds. The fourth-order valence-electron chi connectivity index (χ4n) is 2.83. The molecule has 0 aromatic carbocycles. The van der Waals surface area contributed by atoms with Gasteiger partial charge < -0.3 is 5.11 Å². The minimum Gasteiger partial charge on any atom is -0.380 e. The molecule has 0 radical (unpaired) electrons. The van der Waals surface area contributed by atoms with E-state index in [1.54, 1.807) is 0 Å². The summed E-state index contributed by atoms with van der Waals surface area (Å²) in [6.45, 7) is 0. The normalized spacial score (nSPS) is 37.1. The lowest BCUT2D eigenvalue weighted by atomic mass is 9.67. The maximum Gasteiger partial charge on any atom is 0.417 e. The molecule has 0 spiro atoms. The van der Waals surface area contributed by atoms with Crippen LogP contribution < -0.4 is 0 Å². The fraction of sp³-hybridized carbons (Fsp3) is 0.818. The van der Waals surface area contributed by atoms with E-state index in [0.717, 1.165) is 24.8 Å². The summed E-state index contributed by atoms with van der Waals surface area (Å²) in [7, 11) is 0. The Morgan fingerprint density at radius 1 is 1.33 bits per heavy atom. The molecule has 0 heterocycles. The summed E-state index contributed by atoms with van der Waals surface area (Å²) in [5, 5.41) is 9.84. The quantitative estimate of drug-likeness (QED) is 0.621. The lowest BCUT2D eigenvalue weighted by molar-refractivity contribution is -0.283. The Hall–Kier alpha value is -0.510. The highest BCUT2D eigenvalue weighted by atomic mass is 19.4. The first kappa shape index (κ1) is 11.0. The van der Waals surface area contributed by atoms with Crippen LogP contribution in [-0.4, -0.2) is 16.9 Å². The highest BCUT2D eigenvalue weighted by Crippen LogP contribution is 2.50. The molecule has 2 rings (SSSR count). The van der Waals surface area contributed by atoms with Crippen LogP contribution in [0.1, 0.15) is 38.5 Å². The molecule has 0 saturated heterocycles. The van der Waals surface area contributed by atoms with Crippen LogP contribution in [-0.2, 0) is 0 Å². The fourth-order valence-corrected chi connectivity index (χ4v) is 2.83. The van der Waals surface area contributed by atoms with Gasteiger partial charge in [0.05, 0.1) is 0 Å². The third-order valence-corrected chi connectivity index (χ3v) is 3.64. The Labute approximate surface area is 87.0 Å². The van der Waals surface area contributed by atoms with E-state index in [-0.39, 0.29) is 6.42 Å². The van der Waals surface area contributed by atoms with Gasteiger partial charge in [-0.1, -0.05) is 11.6 Å². The van der Waals surface area contributed by atoms with Crippen molar-refractivity contribution >= 4 is 0 Å². The van der Waals surface area contributed by atoms with E-state index in [1.807, 2.05) is 6.08 Å². The number of rotatable bonds is 0. The number of alkyl halides is 3. The molecule has 0 unspecified atom stereocenters. The largest absolute Gasteiger partial charge is 0.417 e. The van der Waals surface area contributed by atoms with Gasteiger partial charge >= 0.3 is 6.18 Å². The first-order chi connectivity index (χ1) is 6.95. The number of allylic oxidation sites excluding steroid dienone is 1. The number of halogens is 3. The van der Waals surface area contributed by atoms with Crippen molar-refractivity contribution in [3.05, 3.63) is 11.6 Å². The molecule has 0 bridgehead atoms. The topological polar surface area (TPSA) is 20.2 Å². The van der Waals surface area contributed by atoms with Crippen LogP contribution in [0.5, 0.6) is 0 Å². The van der Waals surface area contributed by atoms with E-state index in [1.165, 1.54) is 0 Å². The predicted octanol–water partition coefficient (Wildman–Crippen LogP) is 3.19. The summed E-state index contributed by atoms with van der Waals surface area (Å²) in [6.07, 6.45) is 0.520. The zero-order valence-electron chi connectivity index (χ0n) is 8.48. The number of fused-ring (bicyclic) bond motifs is 1. The molecular formula is C11H15F3O. The van der Waals surface area contributed by atoms with Crippen molar-refractivity contribution < 1.29 is 18.3 Å². The van der Waals surface area contributed by atoms with Crippen molar-refractivity contribution in [1.29, 1.82) is 0 Å². The first-order valence-electron chi connectivity index (χ1n) is 5.43. The maximum absolute atomic E-state index is 12.8. The second-order valence-electron chi connectivity index (χ2n) is 4.54. The molecule has 2 aliphatic carbocycles. The Morgan fingerprint density at radius 2 is 2.07 bits per heavy atom. The number of hydrogen-bond acceptors (Lipinski definition) is 1. The van der Waals surface area contributed by atoms with Crippen molar-refractivity contribution in [2.75, 3.05) is 0 Å². The van der Waals surface area contributed by atoms with Crippen LogP contribution in [0.3, 0.4) is 0 Å². The van der Waals surface area contributed by atoms with Gasteiger partial charge in [0, 0.05) is 5.92 Å². The molecule has 0 aromatic rings. The Morgan fingerprint density at radius 3 is 2.73 bits per heavy atom. The molecule has 1 fully saturated rings. The third kappa shape index (κ3) is 1.69. The van der Waals surface area contributed by atoms with Crippen molar-refractivity contribution in [3.8, 4) is 0 Å².